The molecule has 0 saturated heterocycles. The van der Waals surface area contributed by atoms with Gasteiger partial charge in [0, 0.05) is 12.2 Å². The van der Waals surface area contributed by atoms with Crippen molar-refractivity contribution in [2.24, 2.45) is 0 Å². The number of carbonyl (C=O) groups excluding carboxylic acids is 1. The average molecular weight is 270 g/mol. The van der Waals surface area contributed by atoms with Crippen molar-refractivity contribution in [3.63, 3.8) is 0 Å². The summed E-state index contributed by atoms with van der Waals surface area (Å²) in [4.78, 5) is 11.9. The molecule has 2 aromatic carbocycles. The van der Waals surface area contributed by atoms with Crippen LogP contribution in [0.4, 0.5) is 5.69 Å². The molecule has 0 aliphatic carbocycles. The SMILES string of the molecule is COc1ccc(CC(=O)NCc2ccccc2N)cc1. The Bertz CT molecular complexity index is 579. The lowest BCUT2D eigenvalue weighted by atomic mass is 10.1. The normalized spacial score (nSPS) is 10.1. The summed E-state index contributed by atoms with van der Waals surface area (Å²) < 4.78 is 5.08. The fraction of sp³-hybridized carbons (Fsp3) is 0.188. The molecule has 0 atom stereocenters. The Labute approximate surface area is 118 Å². The molecular weight excluding hydrogens is 252 g/mol. The van der Waals surface area contributed by atoms with E-state index in [-0.39, 0.29) is 5.91 Å². The second-order valence-corrected chi connectivity index (χ2v) is 4.50. The van der Waals surface area contributed by atoms with E-state index in [0.717, 1.165) is 16.9 Å². The van der Waals surface area contributed by atoms with Gasteiger partial charge in [-0.05, 0) is 29.3 Å². The van der Waals surface area contributed by atoms with E-state index in [1.807, 2.05) is 48.5 Å². The van der Waals surface area contributed by atoms with Crippen molar-refractivity contribution in [2.75, 3.05) is 12.8 Å². The molecule has 3 N–H and O–H groups in total. The van der Waals surface area contributed by atoms with E-state index in [0.29, 0.717) is 18.7 Å². The first-order valence-corrected chi connectivity index (χ1v) is 6.42. The zero-order chi connectivity index (χ0) is 14.4. The van der Waals surface area contributed by atoms with Gasteiger partial charge in [0.25, 0.3) is 0 Å². The summed E-state index contributed by atoms with van der Waals surface area (Å²) in [6, 6.07) is 15.0. The number of ether oxygens (including phenoxy) is 1. The maximum Gasteiger partial charge on any atom is 0.224 e. The highest BCUT2D eigenvalue weighted by Gasteiger charge is 2.05. The summed E-state index contributed by atoms with van der Waals surface area (Å²) in [7, 11) is 1.62. The van der Waals surface area contributed by atoms with E-state index in [2.05, 4.69) is 5.32 Å². The highest BCUT2D eigenvalue weighted by atomic mass is 16.5. The quantitative estimate of drug-likeness (QED) is 0.818. The van der Waals surface area contributed by atoms with Crippen molar-refractivity contribution in [3.05, 3.63) is 59.7 Å². The van der Waals surface area contributed by atoms with Crippen molar-refractivity contribution in [2.45, 2.75) is 13.0 Å². The number of hydrogen-bond donors (Lipinski definition) is 2. The number of nitrogens with two attached hydrogens (primary N) is 1. The number of methoxy groups -OCH3 is 1. The summed E-state index contributed by atoms with van der Waals surface area (Å²) in [5.74, 6) is 0.754. The molecule has 1 amide bonds. The van der Waals surface area contributed by atoms with E-state index in [9.17, 15) is 4.79 Å². The van der Waals surface area contributed by atoms with Gasteiger partial charge in [-0.2, -0.15) is 0 Å². The van der Waals surface area contributed by atoms with Crippen molar-refractivity contribution in [1.29, 1.82) is 0 Å². The van der Waals surface area contributed by atoms with E-state index < -0.39 is 0 Å². The number of hydrogen-bond acceptors (Lipinski definition) is 3. The third kappa shape index (κ3) is 3.75. The smallest absolute Gasteiger partial charge is 0.224 e. The molecule has 0 unspecified atom stereocenters. The molecule has 0 bridgehead atoms. The van der Waals surface area contributed by atoms with Gasteiger partial charge in [0.15, 0.2) is 0 Å². The van der Waals surface area contributed by atoms with E-state index in [1.54, 1.807) is 7.11 Å². The second kappa shape index (κ2) is 6.61. The number of nitrogen functional groups attached to an aromatic ring is 1. The molecule has 0 fully saturated rings. The lowest BCUT2D eigenvalue weighted by Crippen LogP contribution is -2.24. The molecule has 2 aromatic rings. The van der Waals surface area contributed by atoms with Gasteiger partial charge in [0.1, 0.15) is 5.75 Å². The number of carbonyl (C=O) groups is 1. The Morgan fingerprint density at radius 1 is 1.15 bits per heavy atom. The van der Waals surface area contributed by atoms with Gasteiger partial charge < -0.3 is 15.8 Å². The van der Waals surface area contributed by atoms with Gasteiger partial charge in [-0.25, -0.2) is 0 Å². The molecule has 2 rings (SSSR count). The summed E-state index contributed by atoms with van der Waals surface area (Å²) in [5, 5.41) is 2.87. The summed E-state index contributed by atoms with van der Waals surface area (Å²) in [5.41, 5.74) is 8.39. The van der Waals surface area contributed by atoms with Gasteiger partial charge in [-0.15, -0.1) is 0 Å². The van der Waals surface area contributed by atoms with Crippen LogP contribution in [0, 0.1) is 0 Å². The Balaban J connectivity index is 1.87. The van der Waals surface area contributed by atoms with Crippen molar-refractivity contribution >= 4 is 11.6 Å². The monoisotopic (exact) mass is 270 g/mol. The molecule has 0 spiro atoms. The first-order valence-electron chi connectivity index (χ1n) is 6.42. The zero-order valence-electron chi connectivity index (χ0n) is 11.4. The minimum atomic E-state index is -0.0292. The molecule has 0 aliphatic heterocycles. The van der Waals surface area contributed by atoms with E-state index >= 15 is 0 Å². The highest BCUT2D eigenvalue weighted by molar-refractivity contribution is 5.78. The molecule has 0 heterocycles. The summed E-state index contributed by atoms with van der Waals surface area (Å²) in [6.45, 7) is 0.446. The van der Waals surface area contributed by atoms with E-state index in [1.165, 1.54) is 0 Å². The Morgan fingerprint density at radius 3 is 2.50 bits per heavy atom. The van der Waals surface area contributed by atoms with E-state index in [4.69, 9.17) is 10.5 Å². The van der Waals surface area contributed by atoms with Crippen LogP contribution in [0.25, 0.3) is 0 Å². The molecule has 0 saturated carbocycles. The minimum Gasteiger partial charge on any atom is -0.497 e. The summed E-state index contributed by atoms with van der Waals surface area (Å²) >= 11 is 0. The van der Waals surface area contributed by atoms with Crippen LogP contribution >= 0.6 is 0 Å². The van der Waals surface area contributed by atoms with Crippen molar-refractivity contribution in [1.82, 2.24) is 5.32 Å². The van der Waals surface area contributed by atoms with Gasteiger partial charge >= 0.3 is 0 Å². The first-order chi connectivity index (χ1) is 9.69. The van der Waals surface area contributed by atoms with Crippen LogP contribution in [0.1, 0.15) is 11.1 Å². The second-order valence-electron chi connectivity index (χ2n) is 4.50. The predicted molar refractivity (Wildman–Crippen MR) is 79.4 cm³/mol. The number of para-hydroxylation sites is 1. The Hall–Kier alpha value is -2.49. The summed E-state index contributed by atoms with van der Waals surface area (Å²) in [6.07, 6.45) is 0.344. The number of anilines is 1. The topological polar surface area (TPSA) is 64.3 Å². The minimum absolute atomic E-state index is 0.0292. The molecule has 4 nitrogen and oxygen atoms in total. The van der Waals surface area contributed by atoms with Crippen LogP contribution in [-0.2, 0) is 17.8 Å². The van der Waals surface area contributed by atoms with Gasteiger partial charge in [0.2, 0.25) is 5.91 Å². The van der Waals surface area contributed by atoms with Gasteiger partial charge in [-0.1, -0.05) is 30.3 Å². The largest absolute Gasteiger partial charge is 0.497 e. The fourth-order valence-electron chi connectivity index (χ4n) is 1.88. The van der Waals surface area contributed by atoms with Crippen LogP contribution in [0.2, 0.25) is 0 Å². The average Bonchev–Trinajstić information content (AvgIpc) is 2.47. The van der Waals surface area contributed by atoms with Crippen LogP contribution < -0.4 is 15.8 Å². The van der Waals surface area contributed by atoms with Gasteiger partial charge in [0.05, 0.1) is 13.5 Å². The molecule has 0 radical (unpaired) electrons. The number of amides is 1. The standard InChI is InChI=1S/C16H18N2O2/c1-20-14-8-6-12(7-9-14)10-16(19)18-11-13-4-2-3-5-15(13)17/h2-9H,10-11,17H2,1H3,(H,18,19). The lowest BCUT2D eigenvalue weighted by Gasteiger charge is -2.08. The zero-order valence-corrected chi connectivity index (χ0v) is 11.4. The Kier molecular flexibility index (Phi) is 4.60. The molecule has 104 valence electrons. The van der Waals surface area contributed by atoms with Gasteiger partial charge in [-0.3, -0.25) is 4.79 Å². The predicted octanol–water partition coefficient (Wildman–Crippen LogP) is 2.14. The third-order valence-corrected chi connectivity index (χ3v) is 3.05. The number of rotatable bonds is 5. The highest BCUT2D eigenvalue weighted by Crippen LogP contribution is 2.12. The van der Waals surface area contributed by atoms with Crippen LogP contribution in [0.15, 0.2) is 48.5 Å². The molecular formula is C16H18N2O2. The van der Waals surface area contributed by atoms with Crippen LogP contribution in [0.3, 0.4) is 0 Å². The third-order valence-electron chi connectivity index (χ3n) is 3.05. The van der Waals surface area contributed by atoms with Crippen LogP contribution in [0.5, 0.6) is 5.75 Å². The molecule has 0 aromatic heterocycles. The van der Waals surface area contributed by atoms with Crippen molar-refractivity contribution in [3.8, 4) is 5.75 Å². The Morgan fingerprint density at radius 2 is 1.85 bits per heavy atom. The van der Waals surface area contributed by atoms with Crippen LogP contribution in [-0.4, -0.2) is 13.0 Å². The van der Waals surface area contributed by atoms with Crippen molar-refractivity contribution < 1.29 is 9.53 Å². The number of benzene rings is 2. The maximum atomic E-state index is 11.9. The molecule has 20 heavy (non-hydrogen) atoms. The fourth-order valence-corrected chi connectivity index (χ4v) is 1.88. The maximum absolute atomic E-state index is 11.9. The first kappa shape index (κ1) is 13.9. The molecule has 0 aliphatic rings. The lowest BCUT2D eigenvalue weighted by molar-refractivity contribution is -0.120. The number of nitrogens with one attached hydrogen (secondary N) is 1. The molecule has 4 heteroatoms.